The minimum atomic E-state index is -0.497. The minimum absolute atomic E-state index is 0.316. The largest absolute Gasteiger partial charge is 0.496 e. The second-order valence-corrected chi connectivity index (χ2v) is 10.3. The molecule has 0 bridgehead atoms. The molecule has 43 heavy (non-hydrogen) atoms. The van der Waals surface area contributed by atoms with Gasteiger partial charge in [0.1, 0.15) is 23.5 Å². The molecule has 12 nitrogen and oxygen atoms in total. The van der Waals surface area contributed by atoms with Crippen LogP contribution in [0.5, 0.6) is 17.4 Å². The van der Waals surface area contributed by atoms with Gasteiger partial charge in [-0.05, 0) is 65.4 Å². The van der Waals surface area contributed by atoms with E-state index in [1.54, 1.807) is 31.3 Å². The van der Waals surface area contributed by atoms with Gasteiger partial charge in [-0.25, -0.2) is 9.78 Å². The Balaban J connectivity index is 1.31. The van der Waals surface area contributed by atoms with Crippen LogP contribution in [0.15, 0.2) is 70.5 Å². The number of alkyl carbamates (subject to hydrolysis) is 1. The van der Waals surface area contributed by atoms with Crippen LogP contribution in [0.3, 0.4) is 0 Å². The number of ether oxygens (including phenoxy) is 4. The first-order valence-electron chi connectivity index (χ1n) is 13.5. The lowest BCUT2D eigenvalue weighted by atomic mass is 10.1. The molecule has 224 valence electrons. The van der Waals surface area contributed by atoms with E-state index in [1.165, 1.54) is 24.6 Å². The standard InChI is InChI=1S/C30H32N6O6S/c1-5-19-6-7-23(41-18-20-8-9-31-27(13-20)39-3)26(12-19)43-35-29-28-24(38-2)10-21(11-25(28)42-34-29)16-36-17-22(15-33-36)14-32-30(37)40-4/h6-13,15,17H,5,14,16,18H2,1-4H3,(H,32,37)(H,34,35). The van der Waals surface area contributed by atoms with Gasteiger partial charge in [0.05, 0.1) is 39.0 Å². The molecule has 0 saturated heterocycles. The SMILES string of the molecule is CCc1ccc(OCc2ccnc(OC)c2)c(SNc2noc3cc(Cn4cc(CNC(=O)OC)cn4)cc(OC)c23)c1. The Bertz CT molecular complexity index is 1700. The number of aromatic nitrogens is 4. The minimum Gasteiger partial charge on any atom is -0.496 e. The Labute approximate surface area is 252 Å². The summed E-state index contributed by atoms with van der Waals surface area (Å²) in [6, 6.07) is 13.7. The summed E-state index contributed by atoms with van der Waals surface area (Å²) in [6.45, 7) is 3.26. The van der Waals surface area contributed by atoms with Gasteiger partial charge in [0.2, 0.25) is 5.88 Å². The van der Waals surface area contributed by atoms with Crippen molar-refractivity contribution in [2.24, 2.45) is 0 Å². The topological polar surface area (TPSA) is 135 Å². The van der Waals surface area contributed by atoms with Crippen molar-refractivity contribution in [3.05, 3.63) is 83.3 Å². The van der Waals surface area contributed by atoms with Crippen molar-refractivity contribution in [2.45, 2.75) is 37.9 Å². The fraction of sp³-hybridized carbons (Fsp3) is 0.267. The number of fused-ring (bicyclic) bond motifs is 1. The Hall–Kier alpha value is -4.91. The number of anilines is 1. The zero-order chi connectivity index (χ0) is 30.2. The molecule has 0 aliphatic carbocycles. The van der Waals surface area contributed by atoms with Crippen LogP contribution in [0.2, 0.25) is 0 Å². The first kappa shape index (κ1) is 29.6. The molecule has 0 radical (unpaired) electrons. The number of carbonyl (C=O) groups is 1. The highest BCUT2D eigenvalue weighted by Gasteiger charge is 2.17. The molecule has 2 aromatic carbocycles. The van der Waals surface area contributed by atoms with Gasteiger partial charge in [0.15, 0.2) is 11.4 Å². The first-order chi connectivity index (χ1) is 21.0. The highest BCUT2D eigenvalue weighted by molar-refractivity contribution is 8.00. The second kappa shape index (κ2) is 13.8. The number of nitrogens with one attached hydrogen (secondary N) is 2. The van der Waals surface area contributed by atoms with Gasteiger partial charge in [-0.3, -0.25) is 4.68 Å². The van der Waals surface area contributed by atoms with E-state index in [9.17, 15) is 4.79 Å². The van der Waals surface area contributed by atoms with Gasteiger partial charge in [0, 0.05) is 30.6 Å². The number of carbonyl (C=O) groups excluding carboxylic acids is 1. The van der Waals surface area contributed by atoms with Gasteiger partial charge in [-0.2, -0.15) is 5.10 Å². The number of hydrogen-bond donors (Lipinski definition) is 2. The molecule has 3 aromatic heterocycles. The molecule has 0 atom stereocenters. The fourth-order valence-electron chi connectivity index (χ4n) is 4.32. The molecule has 3 heterocycles. The normalized spacial score (nSPS) is 10.9. The number of amides is 1. The Morgan fingerprint density at radius 2 is 1.88 bits per heavy atom. The van der Waals surface area contributed by atoms with Crippen LogP contribution >= 0.6 is 11.9 Å². The molecule has 13 heteroatoms. The number of rotatable bonds is 13. The average molecular weight is 605 g/mol. The lowest BCUT2D eigenvalue weighted by molar-refractivity contribution is 0.170. The van der Waals surface area contributed by atoms with Crippen molar-refractivity contribution in [2.75, 3.05) is 26.1 Å². The molecule has 0 saturated carbocycles. The van der Waals surface area contributed by atoms with Crippen molar-refractivity contribution in [3.63, 3.8) is 0 Å². The average Bonchev–Trinajstić information content (AvgIpc) is 3.67. The van der Waals surface area contributed by atoms with Crippen molar-refractivity contribution in [1.29, 1.82) is 0 Å². The van der Waals surface area contributed by atoms with E-state index in [-0.39, 0.29) is 0 Å². The van der Waals surface area contributed by atoms with Crippen molar-refractivity contribution in [1.82, 2.24) is 25.2 Å². The molecule has 0 unspecified atom stereocenters. The maximum absolute atomic E-state index is 11.3. The summed E-state index contributed by atoms with van der Waals surface area (Å²) in [5, 5.41) is 12.0. The Morgan fingerprint density at radius 3 is 2.67 bits per heavy atom. The number of pyridine rings is 1. The van der Waals surface area contributed by atoms with E-state index in [4.69, 9.17) is 18.7 Å². The van der Waals surface area contributed by atoms with Crippen LogP contribution < -0.4 is 24.2 Å². The number of nitrogens with zero attached hydrogens (tertiary/aromatic N) is 4. The fourth-order valence-corrected chi connectivity index (χ4v) is 5.10. The van der Waals surface area contributed by atoms with E-state index < -0.39 is 6.09 Å². The lowest BCUT2D eigenvalue weighted by Gasteiger charge is -2.13. The molecular formula is C30H32N6O6S. The van der Waals surface area contributed by atoms with E-state index in [2.05, 4.69) is 49.1 Å². The van der Waals surface area contributed by atoms with E-state index in [0.717, 1.165) is 39.1 Å². The van der Waals surface area contributed by atoms with Crippen molar-refractivity contribution in [3.8, 4) is 17.4 Å². The van der Waals surface area contributed by atoms with Crippen LogP contribution in [0.1, 0.15) is 29.2 Å². The summed E-state index contributed by atoms with van der Waals surface area (Å²) < 4.78 is 32.5. The van der Waals surface area contributed by atoms with Gasteiger partial charge in [-0.1, -0.05) is 18.1 Å². The van der Waals surface area contributed by atoms with E-state index in [0.29, 0.717) is 42.7 Å². The van der Waals surface area contributed by atoms with Crippen molar-refractivity contribution >= 4 is 34.8 Å². The third-order valence-electron chi connectivity index (χ3n) is 6.55. The summed E-state index contributed by atoms with van der Waals surface area (Å²) in [6.07, 6.45) is 5.63. The third-order valence-corrected chi connectivity index (χ3v) is 7.38. The number of methoxy groups -OCH3 is 3. The highest BCUT2D eigenvalue weighted by Crippen LogP contribution is 2.38. The summed E-state index contributed by atoms with van der Waals surface area (Å²) in [7, 11) is 4.52. The molecule has 2 N–H and O–H groups in total. The zero-order valence-corrected chi connectivity index (χ0v) is 25.1. The lowest BCUT2D eigenvalue weighted by Crippen LogP contribution is -2.21. The second-order valence-electron chi connectivity index (χ2n) is 9.43. The van der Waals surface area contributed by atoms with E-state index >= 15 is 0 Å². The molecule has 5 rings (SSSR count). The van der Waals surface area contributed by atoms with Crippen LogP contribution in [0.25, 0.3) is 11.0 Å². The third kappa shape index (κ3) is 7.30. The quantitative estimate of drug-likeness (QED) is 0.163. The Morgan fingerprint density at radius 1 is 1.00 bits per heavy atom. The molecule has 5 aromatic rings. The molecule has 0 fully saturated rings. The Kier molecular flexibility index (Phi) is 9.52. The predicted molar refractivity (Wildman–Crippen MR) is 162 cm³/mol. The summed E-state index contributed by atoms with van der Waals surface area (Å²) >= 11 is 1.39. The summed E-state index contributed by atoms with van der Waals surface area (Å²) in [5.41, 5.74) is 4.45. The van der Waals surface area contributed by atoms with Crippen molar-refractivity contribution < 1.29 is 28.3 Å². The van der Waals surface area contributed by atoms with Crippen LogP contribution in [-0.2, 0) is 30.9 Å². The maximum Gasteiger partial charge on any atom is 0.407 e. The molecule has 0 aliphatic rings. The van der Waals surface area contributed by atoms with Crippen LogP contribution in [-0.4, -0.2) is 47.3 Å². The zero-order valence-electron chi connectivity index (χ0n) is 24.2. The van der Waals surface area contributed by atoms with Gasteiger partial charge >= 0.3 is 6.09 Å². The van der Waals surface area contributed by atoms with Gasteiger partial charge in [0.25, 0.3) is 0 Å². The monoisotopic (exact) mass is 604 g/mol. The van der Waals surface area contributed by atoms with Gasteiger partial charge < -0.3 is 33.5 Å². The summed E-state index contributed by atoms with van der Waals surface area (Å²) in [4.78, 5) is 16.4. The molecule has 0 aliphatic heterocycles. The molecule has 1 amide bonds. The number of hydrogen-bond acceptors (Lipinski definition) is 11. The maximum atomic E-state index is 11.3. The summed E-state index contributed by atoms with van der Waals surface area (Å²) in [5.74, 6) is 2.41. The first-order valence-corrected chi connectivity index (χ1v) is 14.3. The van der Waals surface area contributed by atoms with E-state index in [1.807, 2.05) is 36.5 Å². The van der Waals surface area contributed by atoms with Crippen LogP contribution in [0, 0.1) is 0 Å². The van der Waals surface area contributed by atoms with Gasteiger partial charge in [-0.15, -0.1) is 0 Å². The smallest absolute Gasteiger partial charge is 0.407 e. The molecular weight excluding hydrogens is 572 g/mol. The number of aryl methyl sites for hydroxylation is 1. The predicted octanol–water partition coefficient (Wildman–Crippen LogP) is 5.60. The van der Waals surface area contributed by atoms with Crippen LogP contribution in [0.4, 0.5) is 10.6 Å². The highest BCUT2D eigenvalue weighted by atomic mass is 32.2. The number of benzene rings is 2. The molecule has 0 spiro atoms.